The lowest BCUT2D eigenvalue weighted by Crippen LogP contribution is -2.19. The average Bonchev–Trinajstić information content (AvgIpc) is 2.37. The van der Waals surface area contributed by atoms with E-state index in [4.69, 9.17) is 0 Å². The van der Waals surface area contributed by atoms with Crippen molar-refractivity contribution in [1.29, 1.82) is 0 Å². The molecule has 7 heteroatoms. The van der Waals surface area contributed by atoms with Crippen LogP contribution in [0.2, 0.25) is 0 Å². The van der Waals surface area contributed by atoms with Crippen LogP contribution < -0.4 is 0 Å². The van der Waals surface area contributed by atoms with Gasteiger partial charge in [0.1, 0.15) is 23.2 Å². The fourth-order valence-corrected chi connectivity index (χ4v) is 2.99. The monoisotopic (exact) mass is 314 g/mol. The quantitative estimate of drug-likeness (QED) is 0.815. The third-order valence-corrected chi connectivity index (χ3v) is 4.33. The first-order valence-electron chi connectivity index (χ1n) is 5.77. The Kier molecular flexibility index (Phi) is 4.13. The summed E-state index contributed by atoms with van der Waals surface area (Å²) in [6.07, 6.45) is 0. The Morgan fingerprint density at radius 2 is 1.52 bits per heavy atom. The first kappa shape index (κ1) is 15.2. The van der Waals surface area contributed by atoms with E-state index in [0.29, 0.717) is 0 Å². The van der Waals surface area contributed by atoms with Crippen LogP contribution in [0.5, 0.6) is 0 Å². The Hall–Kier alpha value is -2.15. The average molecular weight is 314 g/mol. The molecular weight excluding hydrogens is 305 g/mol. The number of hydrogen-bond acceptors (Lipinski definition) is 3. The molecule has 2 aromatic carbocycles. The molecule has 0 unspecified atom stereocenters. The molecule has 2 rings (SSSR count). The van der Waals surface area contributed by atoms with Crippen LogP contribution in [0.3, 0.4) is 0 Å². The molecule has 0 saturated carbocycles. The molecule has 0 aliphatic carbocycles. The fourth-order valence-electron chi connectivity index (χ4n) is 1.75. The largest absolute Gasteiger partial charge is 0.293 e. The van der Waals surface area contributed by atoms with Crippen molar-refractivity contribution in [3.05, 3.63) is 65.5 Å². The molecule has 110 valence electrons. The van der Waals surface area contributed by atoms with E-state index in [1.165, 1.54) is 0 Å². The Balaban J connectivity index is 2.35. The van der Waals surface area contributed by atoms with Crippen molar-refractivity contribution in [1.82, 2.24) is 0 Å². The van der Waals surface area contributed by atoms with Crippen molar-refractivity contribution in [3.63, 3.8) is 0 Å². The van der Waals surface area contributed by atoms with Crippen molar-refractivity contribution in [2.45, 2.75) is 4.90 Å². The van der Waals surface area contributed by atoms with Gasteiger partial charge in [-0.25, -0.2) is 21.6 Å². The molecule has 0 spiro atoms. The van der Waals surface area contributed by atoms with E-state index >= 15 is 0 Å². The SMILES string of the molecule is O=C(CS(=O)(=O)c1cccc(F)c1)c1c(F)cccc1F. The molecule has 0 aromatic heterocycles. The van der Waals surface area contributed by atoms with Crippen molar-refractivity contribution in [2.75, 3.05) is 5.75 Å². The van der Waals surface area contributed by atoms with Gasteiger partial charge in [0.25, 0.3) is 0 Å². The highest BCUT2D eigenvalue weighted by Crippen LogP contribution is 2.17. The maximum absolute atomic E-state index is 13.4. The maximum atomic E-state index is 13.4. The predicted octanol–water partition coefficient (Wildman–Crippen LogP) is 2.76. The fraction of sp³-hybridized carbons (Fsp3) is 0.0714. The molecule has 0 atom stereocenters. The molecule has 0 fully saturated rings. The van der Waals surface area contributed by atoms with Gasteiger partial charge in [0, 0.05) is 0 Å². The molecule has 0 saturated heterocycles. The number of sulfone groups is 1. The molecule has 3 nitrogen and oxygen atoms in total. The number of carbonyl (C=O) groups excluding carboxylic acids is 1. The van der Waals surface area contributed by atoms with E-state index < -0.39 is 49.3 Å². The van der Waals surface area contributed by atoms with E-state index in [1.54, 1.807) is 0 Å². The lowest BCUT2D eigenvalue weighted by atomic mass is 10.1. The first-order valence-corrected chi connectivity index (χ1v) is 7.42. The van der Waals surface area contributed by atoms with Gasteiger partial charge in [0.2, 0.25) is 0 Å². The third-order valence-electron chi connectivity index (χ3n) is 2.72. The number of carbonyl (C=O) groups is 1. The number of Topliss-reactive ketones (excluding diaryl/α,β-unsaturated/α-hetero) is 1. The first-order chi connectivity index (χ1) is 9.81. The van der Waals surface area contributed by atoms with Crippen LogP contribution in [-0.4, -0.2) is 20.0 Å². The van der Waals surface area contributed by atoms with Gasteiger partial charge < -0.3 is 0 Å². The molecule has 0 amide bonds. The van der Waals surface area contributed by atoms with Crippen LogP contribution in [0.25, 0.3) is 0 Å². The van der Waals surface area contributed by atoms with Crippen molar-refractivity contribution in [3.8, 4) is 0 Å². The minimum Gasteiger partial charge on any atom is -0.293 e. The summed E-state index contributed by atoms with van der Waals surface area (Å²) in [5.74, 6) is -5.45. The molecule has 21 heavy (non-hydrogen) atoms. The molecule has 0 aliphatic heterocycles. The van der Waals surface area contributed by atoms with Crippen LogP contribution in [0.15, 0.2) is 47.4 Å². The Morgan fingerprint density at radius 1 is 0.952 bits per heavy atom. The van der Waals surface area contributed by atoms with E-state index in [-0.39, 0.29) is 0 Å². The summed E-state index contributed by atoms with van der Waals surface area (Å²) in [7, 11) is -4.19. The third kappa shape index (κ3) is 3.30. The van der Waals surface area contributed by atoms with Gasteiger partial charge in [0.15, 0.2) is 15.6 Å². The minimum atomic E-state index is -4.19. The highest BCUT2D eigenvalue weighted by Gasteiger charge is 2.25. The molecule has 0 heterocycles. The lowest BCUT2D eigenvalue weighted by Gasteiger charge is -2.06. The van der Waals surface area contributed by atoms with E-state index in [1.807, 2.05) is 0 Å². The summed E-state index contributed by atoms with van der Waals surface area (Å²) in [5, 5.41) is 0. The van der Waals surface area contributed by atoms with Gasteiger partial charge in [-0.15, -0.1) is 0 Å². The molecule has 2 aromatic rings. The number of ketones is 1. The number of rotatable bonds is 4. The van der Waals surface area contributed by atoms with Crippen molar-refractivity contribution in [2.24, 2.45) is 0 Å². The maximum Gasteiger partial charge on any atom is 0.185 e. The zero-order chi connectivity index (χ0) is 15.6. The summed E-state index contributed by atoms with van der Waals surface area (Å²) in [6, 6.07) is 6.80. The standard InChI is InChI=1S/C14H9F3O3S/c15-9-3-1-4-10(7-9)21(19,20)8-13(18)14-11(16)5-2-6-12(14)17/h1-7H,8H2. The van der Waals surface area contributed by atoms with Crippen molar-refractivity contribution >= 4 is 15.6 Å². The van der Waals surface area contributed by atoms with Crippen LogP contribution >= 0.6 is 0 Å². The smallest absolute Gasteiger partial charge is 0.185 e. The number of hydrogen-bond donors (Lipinski definition) is 0. The van der Waals surface area contributed by atoms with Gasteiger partial charge in [-0.3, -0.25) is 4.79 Å². The summed E-state index contributed by atoms with van der Waals surface area (Å²) < 4.78 is 63.8. The van der Waals surface area contributed by atoms with Crippen LogP contribution in [0.1, 0.15) is 10.4 Å². The second kappa shape index (κ2) is 5.69. The van der Waals surface area contributed by atoms with Gasteiger partial charge >= 0.3 is 0 Å². The second-order valence-electron chi connectivity index (χ2n) is 4.24. The van der Waals surface area contributed by atoms with Gasteiger partial charge in [0.05, 0.1) is 10.5 Å². The van der Waals surface area contributed by atoms with Gasteiger partial charge in [-0.2, -0.15) is 0 Å². The molecular formula is C14H9F3O3S. The van der Waals surface area contributed by atoms with E-state index in [9.17, 15) is 26.4 Å². The molecule has 0 N–H and O–H groups in total. The Bertz CT molecular complexity index is 781. The van der Waals surface area contributed by atoms with Gasteiger partial charge in [-0.1, -0.05) is 12.1 Å². The normalized spacial score (nSPS) is 11.4. The zero-order valence-corrected chi connectivity index (χ0v) is 11.3. The predicted molar refractivity (Wildman–Crippen MR) is 69.1 cm³/mol. The van der Waals surface area contributed by atoms with E-state index in [0.717, 1.165) is 42.5 Å². The van der Waals surface area contributed by atoms with Crippen LogP contribution in [-0.2, 0) is 9.84 Å². The molecule has 0 bridgehead atoms. The van der Waals surface area contributed by atoms with Gasteiger partial charge in [-0.05, 0) is 30.3 Å². The Morgan fingerprint density at radius 3 is 2.10 bits per heavy atom. The molecule has 0 aliphatic rings. The van der Waals surface area contributed by atoms with E-state index in [2.05, 4.69) is 0 Å². The zero-order valence-electron chi connectivity index (χ0n) is 10.5. The number of benzene rings is 2. The highest BCUT2D eigenvalue weighted by atomic mass is 32.2. The van der Waals surface area contributed by atoms with Crippen LogP contribution in [0.4, 0.5) is 13.2 Å². The summed E-state index contributed by atoms with van der Waals surface area (Å²) >= 11 is 0. The Labute approximate surface area is 119 Å². The highest BCUT2D eigenvalue weighted by molar-refractivity contribution is 7.92. The summed E-state index contributed by atoms with van der Waals surface area (Å²) in [4.78, 5) is 11.4. The lowest BCUT2D eigenvalue weighted by molar-refractivity contribution is 0.101. The summed E-state index contributed by atoms with van der Waals surface area (Å²) in [6.45, 7) is 0. The van der Waals surface area contributed by atoms with Crippen LogP contribution in [0, 0.1) is 17.5 Å². The summed E-state index contributed by atoms with van der Waals surface area (Å²) in [5.41, 5.74) is -0.919. The topological polar surface area (TPSA) is 51.2 Å². The van der Waals surface area contributed by atoms with Crippen molar-refractivity contribution < 1.29 is 26.4 Å². The second-order valence-corrected chi connectivity index (χ2v) is 6.23. The molecule has 0 radical (unpaired) electrons. The number of halogens is 3. The minimum absolute atomic E-state index is 0.424.